The van der Waals surface area contributed by atoms with Gasteiger partial charge in [-0.1, -0.05) is 6.92 Å². The maximum atomic E-state index is 13.2. The van der Waals surface area contributed by atoms with Crippen LogP contribution in [0, 0.1) is 10.7 Å². The summed E-state index contributed by atoms with van der Waals surface area (Å²) in [5.41, 5.74) is 1.95. The van der Waals surface area contributed by atoms with Gasteiger partial charge in [0.25, 0.3) is 5.56 Å². The number of aryl methyl sites for hydroxylation is 1. The lowest BCUT2D eigenvalue weighted by molar-refractivity contribution is 0.414. The molecule has 0 aliphatic heterocycles. The zero-order chi connectivity index (χ0) is 16.8. The fourth-order valence-electron chi connectivity index (χ4n) is 3.39. The molecule has 1 N–H and O–H groups in total. The van der Waals surface area contributed by atoms with Gasteiger partial charge in [-0.05, 0) is 67.2 Å². The van der Waals surface area contributed by atoms with Gasteiger partial charge in [-0.3, -0.25) is 9.36 Å². The molecule has 0 fully saturated rings. The van der Waals surface area contributed by atoms with Gasteiger partial charge in [0.05, 0.1) is 18.2 Å². The number of benzene rings is 1. The third-order valence-electron chi connectivity index (χ3n) is 4.68. The van der Waals surface area contributed by atoms with Gasteiger partial charge in [0.15, 0.2) is 4.77 Å². The van der Waals surface area contributed by atoms with Crippen LogP contribution in [0.2, 0.25) is 0 Å². The Bertz CT molecular complexity index is 1030. The Morgan fingerprint density at radius 2 is 2.08 bits per heavy atom. The Balaban J connectivity index is 1.96. The first-order chi connectivity index (χ1) is 11.6. The highest BCUT2D eigenvalue weighted by Gasteiger charge is 2.23. The third-order valence-corrected chi connectivity index (χ3v) is 6.14. The molecule has 1 aliphatic carbocycles. The highest BCUT2D eigenvalue weighted by atomic mass is 32.1. The number of rotatable bonds is 2. The maximum absolute atomic E-state index is 13.2. The summed E-state index contributed by atoms with van der Waals surface area (Å²) in [6.07, 6.45) is 3.16. The van der Waals surface area contributed by atoms with E-state index in [1.54, 1.807) is 23.0 Å². The minimum atomic E-state index is -0.0223. The second-order valence-corrected chi connectivity index (χ2v) is 7.82. The van der Waals surface area contributed by atoms with Gasteiger partial charge in [0, 0.05) is 4.88 Å². The van der Waals surface area contributed by atoms with Crippen molar-refractivity contribution in [2.45, 2.75) is 26.2 Å². The average Bonchev–Trinajstić information content (AvgIpc) is 2.92. The normalized spacial score (nSPS) is 17.0. The first-order valence-electron chi connectivity index (χ1n) is 8.02. The molecular weight excluding hydrogens is 340 g/mol. The molecule has 1 atom stereocenters. The minimum Gasteiger partial charge on any atom is -0.497 e. The smallest absolute Gasteiger partial charge is 0.267 e. The highest BCUT2D eigenvalue weighted by Crippen LogP contribution is 2.35. The molecule has 0 unspecified atom stereocenters. The van der Waals surface area contributed by atoms with Crippen LogP contribution >= 0.6 is 23.6 Å². The summed E-state index contributed by atoms with van der Waals surface area (Å²) >= 11 is 7.14. The summed E-state index contributed by atoms with van der Waals surface area (Å²) in [5, 5.41) is 0.811. The maximum Gasteiger partial charge on any atom is 0.267 e. The predicted octanol–water partition coefficient (Wildman–Crippen LogP) is 4.24. The molecule has 6 heteroatoms. The molecule has 1 aromatic carbocycles. The highest BCUT2D eigenvalue weighted by molar-refractivity contribution is 7.71. The van der Waals surface area contributed by atoms with Crippen LogP contribution in [0.1, 0.15) is 23.8 Å². The van der Waals surface area contributed by atoms with Crippen molar-refractivity contribution >= 4 is 33.8 Å². The Labute approximate surface area is 148 Å². The van der Waals surface area contributed by atoms with Crippen molar-refractivity contribution in [1.82, 2.24) is 9.55 Å². The molecule has 0 bridgehead atoms. The van der Waals surface area contributed by atoms with Crippen LogP contribution in [0.15, 0.2) is 29.1 Å². The minimum absolute atomic E-state index is 0.0223. The summed E-state index contributed by atoms with van der Waals surface area (Å²) in [6, 6.07) is 7.39. The Kier molecular flexibility index (Phi) is 3.81. The molecule has 0 spiro atoms. The monoisotopic (exact) mass is 358 g/mol. The quantitative estimate of drug-likeness (QED) is 0.697. The standard InChI is InChI=1S/C18H18N2O2S2/c1-10-3-8-13-14(9-10)24-16-15(13)17(21)20(18(23)19-16)11-4-6-12(22-2)7-5-11/h4-7,10H,3,8-9H2,1-2H3,(H,19,23)/t10-/m1/s1. The van der Waals surface area contributed by atoms with E-state index in [1.807, 2.05) is 24.3 Å². The van der Waals surface area contributed by atoms with Crippen molar-refractivity contribution < 1.29 is 4.74 Å². The fraction of sp³-hybridized carbons (Fsp3) is 0.333. The molecule has 0 amide bonds. The molecule has 0 radical (unpaired) electrons. The van der Waals surface area contributed by atoms with E-state index in [1.165, 1.54) is 10.4 Å². The molecule has 2 aromatic heterocycles. The molecule has 0 saturated heterocycles. The van der Waals surface area contributed by atoms with Crippen molar-refractivity contribution in [3.05, 3.63) is 49.8 Å². The van der Waals surface area contributed by atoms with Gasteiger partial charge in [0.2, 0.25) is 0 Å². The van der Waals surface area contributed by atoms with Gasteiger partial charge in [0.1, 0.15) is 10.6 Å². The Morgan fingerprint density at radius 1 is 1.33 bits per heavy atom. The van der Waals surface area contributed by atoms with Crippen molar-refractivity contribution in [1.29, 1.82) is 0 Å². The van der Waals surface area contributed by atoms with Crippen LogP contribution in [0.3, 0.4) is 0 Å². The zero-order valence-corrected chi connectivity index (χ0v) is 15.2. The van der Waals surface area contributed by atoms with Crippen LogP contribution in [-0.4, -0.2) is 16.7 Å². The van der Waals surface area contributed by atoms with Crippen molar-refractivity contribution in [2.24, 2.45) is 5.92 Å². The molecule has 4 rings (SSSR count). The van der Waals surface area contributed by atoms with Crippen LogP contribution in [0.5, 0.6) is 5.75 Å². The van der Waals surface area contributed by atoms with Gasteiger partial charge in [-0.25, -0.2) is 0 Å². The van der Waals surface area contributed by atoms with Crippen molar-refractivity contribution in [3.8, 4) is 11.4 Å². The Morgan fingerprint density at radius 3 is 2.79 bits per heavy atom. The fourth-order valence-corrected chi connectivity index (χ4v) is 5.14. The number of hydrogen-bond donors (Lipinski definition) is 1. The number of thiophene rings is 1. The lowest BCUT2D eigenvalue weighted by Gasteiger charge is -2.17. The van der Waals surface area contributed by atoms with E-state index in [-0.39, 0.29) is 5.56 Å². The molecular formula is C18H18N2O2S2. The van der Waals surface area contributed by atoms with Gasteiger partial charge in [-0.15, -0.1) is 11.3 Å². The van der Waals surface area contributed by atoms with E-state index in [0.29, 0.717) is 10.7 Å². The van der Waals surface area contributed by atoms with Crippen molar-refractivity contribution in [3.63, 3.8) is 0 Å². The summed E-state index contributed by atoms with van der Waals surface area (Å²) in [4.78, 5) is 18.7. The van der Waals surface area contributed by atoms with Gasteiger partial charge < -0.3 is 9.72 Å². The lowest BCUT2D eigenvalue weighted by Crippen LogP contribution is -2.21. The van der Waals surface area contributed by atoms with Gasteiger partial charge in [-0.2, -0.15) is 0 Å². The summed E-state index contributed by atoms with van der Waals surface area (Å²) in [7, 11) is 1.62. The van der Waals surface area contributed by atoms with E-state index in [2.05, 4.69) is 11.9 Å². The van der Waals surface area contributed by atoms with E-state index in [9.17, 15) is 4.79 Å². The summed E-state index contributed by atoms with van der Waals surface area (Å²) < 4.78 is 7.21. The Hall–Kier alpha value is -1.92. The lowest BCUT2D eigenvalue weighted by atomic mass is 9.89. The van der Waals surface area contributed by atoms with Crippen LogP contribution in [0.4, 0.5) is 0 Å². The number of ether oxygens (including phenoxy) is 1. The number of nitrogens with one attached hydrogen (secondary N) is 1. The average molecular weight is 358 g/mol. The van der Waals surface area contributed by atoms with E-state index in [0.717, 1.165) is 40.9 Å². The number of aromatic nitrogens is 2. The second-order valence-electron chi connectivity index (χ2n) is 6.32. The predicted molar refractivity (Wildman–Crippen MR) is 100 cm³/mol. The number of fused-ring (bicyclic) bond motifs is 3. The number of aromatic amines is 1. The summed E-state index contributed by atoms with van der Waals surface area (Å²) in [6.45, 7) is 2.27. The third kappa shape index (κ3) is 2.41. The van der Waals surface area contributed by atoms with E-state index in [4.69, 9.17) is 17.0 Å². The molecule has 0 saturated carbocycles. The largest absolute Gasteiger partial charge is 0.497 e. The molecule has 24 heavy (non-hydrogen) atoms. The van der Waals surface area contributed by atoms with Crippen molar-refractivity contribution in [2.75, 3.05) is 7.11 Å². The first kappa shape index (κ1) is 15.6. The molecule has 4 nitrogen and oxygen atoms in total. The number of H-pyrrole nitrogens is 1. The molecule has 1 aliphatic rings. The number of nitrogens with zero attached hydrogens (tertiary/aromatic N) is 1. The first-order valence-corrected chi connectivity index (χ1v) is 9.25. The van der Waals surface area contributed by atoms with Crippen LogP contribution < -0.4 is 10.3 Å². The molecule has 2 heterocycles. The molecule has 3 aromatic rings. The van der Waals surface area contributed by atoms with Crippen LogP contribution in [0.25, 0.3) is 15.9 Å². The molecule has 124 valence electrons. The number of methoxy groups -OCH3 is 1. The summed E-state index contributed by atoms with van der Waals surface area (Å²) in [5.74, 6) is 1.43. The topological polar surface area (TPSA) is 47.0 Å². The van der Waals surface area contributed by atoms with Gasteiger partial charge >= 0.3 is 0 Å². The zero-order valence-electron chi connectivity index (χ0n) is 13.6. The number of hydrogen-bond acceptors (Lipinski definition) is 4. The SMILES string of the molecule is COc1ccc(-n2c(=S)[nH]c3sc4c(c3c2=O)CC[C@@H](C)C4)cc1. The second kappa shape index (κ2) is 5.86. The van der Waals surface area contributed by atoms with E-state index < -0.39 is 0 Å². The van der Waals surface area contributed by atoms with Crippen LogP contribution in [-0.2, 0) is 12.8 Å². The van der Waals surface area contributed by atoms with E-state index >= 15 is 0 Å².